The third-order valence-electron chi connectivity index (χ3n) is 3.72. The number of aryl methyl sites for hydroxylation is 1. The van der Waals surface area contributed by atoms with Gasteiger partial charge in [0.05, 0.1) is 5.69 Å². The predicted octanol–water partition coefficient (Wildman–Crippen LogP) is 4.37. The van der Waals surface area contributed by atoms with Crippen LogP contribution >= 0.6 is 0 Å². The van der Waals surface area contributed by atoms with E-state index in [9.17, 15) is 8.42 Å². The van der Waals surface area contributed by atoms with Crippen molar-refractivity contribution in [2.75, 3.05) is 5.32 Å². The highest BCUT2D eigenvalue weighted by atomic mass is 32.2. The molecule has 4 nitrogen and oxygen atoms in total. The van der Waals surface area contributed by atoms with Gasteiger partial charge in [-0.1, -0.05) is 60.2 Å². The largest absolute Gasteiger partial charge is 0.378 e. The van der Waals surface area contributed by atoms with Gasteiger partial charge in [0.25, 0.3) is 0 Å². The van der Waals surface area contributed by atoms with E-state index in [1.165, 1.54) is 0 Å². The molecule has 3 aromatic rings. The maximum atomic E-state index is 12.5. The monoisotopic (exact) mass is 353 g/mol. The average Bonchev–Trinajstić information content (AvgIpc) is 2.62. The normalized spacial score (nSPS) is 11.1. The second-order valence-corrected chi connectivity index (χ2v) is 7.23. The van der Waals surface area contributed by atoms with E-state index in [4.69, 9.17) is 4.18 Å². The molecule has 0 aromatic heterocycles. The first kappa shape index (κ1) is 17.0. The van der Waals surface area contributed by atoms with Crippen LogP contribution in [0.3, 0.4) is 0 Å². The Hall–Kier alpha value is -2.79. The molecule has 3 aromatic carbocycles. The molecule has 0 heterocycles. The fourth-order valence-corrected chi connectivity index (χ4v) is 3.30. The van der Waals surface area contributed by atoms with Crippen molar-refractivity contribution in [1.82, 2.24) is 0 Å². The van der Waals surface area contributed by atoms with Crippen molar-refractivity contribution in [1.29, 1.82) is 0 Å². The molecule has 0 atom stereocenters. The van der Waals surface area contributed by atoms with Gasteiger partial charge in [0.2, 0.25) is 0 Å². The smallest absolute Gasteiger partial charge is 0.339 e. The lowest BCUT2D eigenvalue weighted by Crippen LogP contribution is -2.11. The molecule has 0 spiro atoms. The minimum Gasteiger partial charge on any atom is -0.378 e. The van der Waals surface area contributed by atoms with E-state index < -0.39 is 10.1 Å². The lowest BCUT2D eigenvalue weighted by Gasteiger charge is -2.13. The summed E-state index contributed by atoms with van der Waals surface area (Å²) in [5, 5.41) is 3.22. The molecule has 1 N–H and O–H groups in total. The lowest BCUT2D eigenvalue weighted by molar-refractivity contribution is 0.487. The SMILES string of the molecule is Cc1ccc(S(=O)(=O)Oc2ccccc2NCc2ccccc2)cc1. The van der Waals surface area contributed by atoms with Gasteiger partial charge in [-0.15, -0.1) is 0 Å². The Kier molecular flexibility index (Phi) is 5.05. The van der Waals surface area contributed by atoms with Crippen LogP contribution in [-0.4, -0.2) is 8.42 Å². The highest BCUT2D eigenvalue weighted by Gasteiger charge is 2.18. The van der Waals surface area contributed by atoms with Crippen LogP contribution in [0.15, 0.2) is 83.8 Å². The minimum atomic E-state index is -3.88. The Morgan fingerprint density at radius 1 is 0.840 bits per heavy atom. The third-order valence-corrected chi connectivity index (χ3v) is 4.97. The van der Waals surface area contributed by atoms with Crippen LogP contribution in [0.4, 0.5) is 5.69 Å². The zero-order valence-corrected chi connectivity index (χ0v) is 14.7. The van der Waals surface area contributed by atoms with Crippen molar-refractivity contribution in [3.63, 3.8) is 0 Å². The van der Waals surface area contributed by atoms with E-state index in [1.807, 2.05) is 43.3 Å². The van der Waals surface area contributed by atoms with Gasteiger partial charge in [0, 0.05) is 6.54 Å². The van der Waals surface area contributed by atoms with Gasteiger partial charge in [-0.05, 0) is 36.8 Å². The number of hydrogen-bond donors (Lipinski definition) is 1. The number of rotatable bonds is 6. The summed E-state index contributed by atoms with van der Waals surface area (Å²) in [6.45, 7) is 2.48. The molecule has 0 radical (unpaired) electrons. The topological polar surface area (TPSA) is 55.4 Å². The highest BCUT2D eigenvalue weighted by Crippen LogP contribution is 2.28. The van der Waals surface area contributed by atoms with E-state index in [0.29, 0.717) is 12.2 Å². The van der Waals surface area contributed by atoms with Crippen molar-refractivity contribution in [3.8, 4) is 5.75 Å². The summed E-state index contributed by atoms with van der Waals surface area (Å²) in [6, 6.07) is 23.5. The molecular weight excluding hydrogens is 334 g/mol. The maximum absolute atomic E-state index is 12.5. The molecule has 0 aliphatic rings. The Morgan fingerprint density at radius 3 is 2.20 bits per heavy atom. The zero-order valence-electron chi connectivity index (χ0n) is 13.8. The van der Waals surface area contributed by atoms with Gasteiger partial charge in [0.15, 0.2) is 5.75 Å². The van der Waals surface area contributed by atoms with Gasteiger partial charge in [0.1, 0.15) is 4.90 Å². The Labute approximate surface area is 148 Å². The Bertz CT molecular complexity index is 936. The predicted molar refractivity (Wildman–Crippen MR) is 99.2 cm³/mol. The molecule has 0 amide bonds. The van der Waals surface area contributed by atoms with Crippen LogP contribution in [0.2, 0.25) is 0 Å². The second kappa shape index (κ2) is 7.40. The molecule has 128 valence electrons. The Balaban J connectivity index is 1.79. The average molecular weight is 353 g/mol. The fourth-order valence-electron chi connectivity index (χ4n) is 2.35. The van der Waals surface area contributed by atoms with Crippen LogP contribution in [0.25, 0.3) is 0 Å². The van der Waals surface area contributed by atoms with Crippen LogP contribution in [0.5, 0.6) is 5.75 Å². The van der Waals surface area contributed by atoms with Gasteiger partial charge in [-0.25, -0.2) is 0 Å². The summed E-state index contributed by atoms with van der Waals surface area (Å²) in [6.07, 6.45) is 0. The molecule has 25 heavy (non-hydrogen) atoms. The van der Waals surface area contributed by atoms with Crippen LogP contribution < -0.4 is 9.50 Å². The van der Waals surface area contributed by atoms with Gasteiger partial charge < -0.3 is 9.50 Å². The first-order valence-corrected chi connectivity index (χ1v) is 9.33. The number of benzene rings is 3. The van der Waals surface area contributed by atoms with Gasteiger partial charge in [-0.3, -0.25) is 0 Å². The zero-order chi connectivity index (χ0) is 17.7. The van der Waals surface area contributed by atoms with Crippen LogP contribution in [0, 0.1) is 6.92 Å². The second-order valence-electron chi connectivity index (χ2n) is 5.69. The van der Waals surface area contributed by atoms with Crippen LogP contribution in [0.1, 0.15) is 11.1 Å². The van der Waals surface area contributed by atoms with Crippen molar-refractivity contribution >= 4 is 15.8 Å². The number of para-hydroxylation sites is 2. The van der Waals surface area contributed by atoms with E-state index >= 15 is 0 Å². The molecule has 0 aliphatic heterocycles. The molecule has 0 unspecified atom stereocenters. The van der Waals surface area contributed by atoms with Gasteiger partial charge in [-0.2, -0.15) is 8.42 Å². The lowest BCUT2D eigenvalue weighted by atomic mass is 10.2. The molecular formula is C20H19NO3S. The standard InChI is InChI=1S/C20H19NO3S/c1-16-11-13-18(14-12-16)25(22,23)24-20-10-6-5-9-19(20)21-15-17-7-3-2-4-8-17/h2-14,21H,15H2,1H3. The Morgan fingerprint density at radius 2 is 1.48 bits per heavy atom. The van der Waals surface area contributed by atoms with E-state index in [2.05, 4.69) is 5.32 Å². The fraction of sp³-hybridized carbons (Fsp3) is 0.100. The summed E-state index contributed by atoms with van der Waals surface area (Å²) in [5.74, 6) is 0.277. The van der Waals surface area contributed by atoms with Crippen molar-refractivity contribution < 1.29 is 12.6 Å². The van der Waals surface area contributed by atoms with Crippen molar-refractivity contribution in [2.45, 2.75) is 18.4 Å². The summed E-state index contributed by atoms with van der Waals surface area (Å²) >= 11 is 0. The highest BCUT2D eigenvalue weighted by molar-refractivity contribution is 7.87. The van der Waals surface area contributed by atoms with Crippen LogP contribution in [-0.2, 0) is 16.7 Å². The van der Waals surface area contributed by atoms with E-state index in [0.717, 1.165) is 11.1 Å². The van der Waals surface area contributed by atoms with E-state index in [-0.39, 0.29) is 10.6 Å². The minimum absolute atomic E-state index is 0.135. The first-order valence-electron chi connectivity index (χ1n) is 7.92. The molecule has 0 saturated heterocycles. The number of hydrogen-bond acceptors (Lipinski definition) is 4. The van der Waals surface area contributed by atoms with E-state index in [1.54, 1.807) is 42.5 Å². The summed E-state index contributed by atoms with van der Waals surface area (Å²) in [5.41, 5.74) is 2.71. The molecule has 0 fully saturated rings. The molecule has 5 heteroatoms. The first-order chi connectivity index (χ1) is 12.0. The quantitative estimate of drug-likeness (QED) is 0.669. The molecule has 0 saturated carbocycles. The van der Waals surface area contributed by atoms with Crippen molar-refractivity contribution in [3.05, 3.63) is 90.0 Å². The van der Waals surface area contributed by atoms with Crippen molar-refractivity contribution in [2.24, 2.45) is 0 Å². The number of anilines is 1. The molecule has 3 rings (SSSR count). The third kappa shape index (κ3) is 4.39. The van der Waals surface area contributed by atoms with Gasteiger partial charge >= 0.3 is 10.1 Å². The maximum Gasteiger partial charge on any atom is 0.339 e. The molecule has 0 aliphatic carbocycles. The summed E-state index contributed by atoms with van der Waals surface area (Å²) in [4.78, 5) is 0.135. The summed E-state index contributed by atoms with van der Waals surface area (Å²) < 4.78 is 30.3. The summed E-state index contributed by atoms with van der Waals surface area (Å²) in [7, 11) is -3.88. The number of nitrogens with one attached hydrogen (secondary N) is 1. The molecule has 0 bridgehead atoms.